The number of fused-ring (bicyclic) bond motifs is 3. The molecule has 4 aliphatic rings. The normalized spacial score (nSPS) is 33.1. The molecule has 2 saturated heterocycles. The van der Waals surface area contributed by atoms with Crippen molar-refractivity contribution in [2.45, 2.75) is 213 Å². The fraction of sp³-hybridized carbons (Fsp3) is 0.763. The van der Waals surface area contributed by atoms with E-state index >= 15 is 0 Å². The average Bonchev–Trinajstić information content (AvgIpc) is 3.43. The van der Waals surface area contributed by atoms with Crippen LogP contribution in [0.1, 0.15) is 146 Å². The number of ether oxygens (including phenoxy) is 10. The standard InChI is InChI=1S/C59H91NO20/c1-14-17-43-23-33(2)22-34(3)24-50(72-12)55-51(73-13)28-37(6)59(70,80-55)56(67)57(68)60-21-16-15-18-45(60)58(69)79-54(38(7)46(63)30-47(43)64)36(5)27-42-19-20-48(49(29-42)71-11)76-41(10)77-52(65)25-35(4)26-53(66)78-44(31-74-39(8)61)32-75-40(9)62/h14,23,27,34-35,37-38,41-46,48-51,54-55,63,70H,1,15-22,24-26,28-32H2,2-13H3/b33-23+,36-27+/t34-,35?,37+,38+,41?,42-,43+,45-,46-,48+,49+,50-,51-,54+,55+,59+/m0/s1. The number of methoxy groups -OCH3 is 3. The van der Waals surface area contributed by atoms with E-state index in [2.05, 4.69) is 6.58 Å². The summed E-state index contributed by atoms with van der Waals surface area (Å²) in [6.45, 7) is 17.9. The summed E-state index contributed by atoms with van der Waals surface area (Å²) in [6, 6.07) is -1.22. The monoisotopic (exact) mass is 1130 g/mol. The number of amides is 1. The van der Waals surface area contributed by atoms with Crippen molar-refractivity contribution in [1.29, 1.82) is 0 Å². The molecule has 1 amide bonds. The van der Waals surface area contributed by atoms with Crippen LogP contribution in [0.4, 0.5) is 0 Å². The fourth-order valence-electron chi connectivity index (χ4n) is 11.5. The summed E-state index contributed by atoms with van der Waals surface area (Å²) in [5, 5.41) is 24.1. The molecule has 4 rings (SSSR count). The van der Waals surface area contributed by atoms with Crippen molar-refractivity contribution in [2.24, 2.45) is 35.5 Å². The zero-order valence-corrected chi connectivity index (χ0v) is 49.2. The largest absolute Gasteiger partial charge is 0.462 e. The Kier molecular flexibility index (Phi) is 27.1. The van der Waals surface area contributed by atoms with E-state index in [4.69, 9.17) is 47.4 Å². The highest BCUT2D eigenvalue weighted by Gasteiger charge is 2.57. The first-order valence-corrected chi connectivity index (χ1v) is 28.3. The van der Waals surface area contributed by atoms with E-state index in [0.717, 1.165) is 10.5 Å². The molecule has 0 aromatic heterocycles. The minimum absolute atomic E-state index is 0.0281. The van der Waals surface area contributed by atoms with Gasteiger partial charge in [-0.25, -0.2) is 4.79 Å². The molecule has 21 heteroatoms. The number of ketones is 2. The number of Topliss-reactive ketones (excluding diaryl/α,β-unsaturated/α-hetero) is 2. The highest BCUT2D eigenvalue weighted by atomic mass is 16.7. The van der Waals surface area contributed by atoms with Crippen LogP contribution < -0.4 is 0 Å². The van der Waals surface area contributed by atoms with Gasteiger partial charge >= 0.3 is 29.8 Å². The molecule has 1 aliphatic carbocycles. The number of aliphatic hydroxyl groups excluding tert-OH is 1. The van der Waals surface area contributed by atoms with Gasteiger partial charge in [0.25, 0.3) is 11.7 Å². The van der Waals surface area contributed by atoms with Gasteiger partial charge in [-0.15, -0.1) is 6.58 Å². The van der Waals surface area contributed by atoms with E-state index in [9.17, 15) is 48.6 Å². The topological polar surface area (TPSA) is 273 Å². The first-order chi connectivity index (χ1) is 37.7. The van der Waals surface area contributed by atoms with Crippen molar-refractivity contribution in [3.05, 3.63) is 36.0 Å². The maximum atomic E-state index is 14.6. The maximum absolute atomic E-state index is 14.6. The summed E-state index contributed by atoms with van der Waals surface area (Å²) < 4.78 is 57.3. The summed E-state index contributed by atoms with van der Waals surface area (Å²) in [7, 11) is 4.55. The van der Waals surface area contributed by atoms with Gasteiger partial charge in [-0.3, -0.25) is 33.6 Å². The van der Waals surface area contributed by atoms with Crippen LogP contribution in [0.5, 0.6) is 0 Å². The molecule has 3 heterocycles. The number of hydrogen-bond donors (Lipinski definition) is 2. The number of cyclic esters (lactones) is 1. The molecule has 3 aliphatic heterocycles. The molecule has 0 aromatic carbocycles. The predicted octanol–water partition coefficient (Wildman–Crippen LogP) is 6.01. The van der Waals surface area contributed by atoms with Crippen molar-refractivity contribution < 1.29 is 95.9 Å². The third kappa shape index (κ3) is 19.6. The van der Waals surface area contributed by atoms with E-state index in [1.807, 2.05) is 26.0 Å². The molecule has 2 bridgehead atoms. The molecule has 0 spiro atoms. The molecule has 80 heavy (non-hydrogen) atoms. The van der Waals surface area contributed by atoms with E-state index in [-0.39, 0.29) is 69.5 Å². The van der Waals surface area contributed by atoms with Crippen molar-refractivity contribution >= 4 is 47.3 Å². The number of piperidine rings is 1. The number of allylic oxidation sites excluding steroid dienone is 4. The van der Waals surface area contributed by atoms with Gasteiger partial charge < -0.3 is 62.5 Å². The van der Waals surface area contributed by atoms with Crippen molar-refractivity contribution in [1.82, 2.24) is 4.90 Å². The lowest BCUT2D eigenvalue weighted by Crippen LogP contribution is -2.64. The van der Waals surface area contributed by atoms with E-state index in [1.165, 1.54) is 35.2 Å². The molecule has 2 unspecified atom stereocenters. The van der Waals surface area contributed by atoms with Crippen molar-refractivity contribution in [3.63, 3.8) is 0 Å². The Hall–Kier alpha value is -4.90. The van der Waals surface area contributed by atoms with Gasteiger partial charge in [-0.1, -0.05) is 51.5 Å². The van der Waals surface area contributed by atoms with Crippen LogP contribution in [-0.2, 0) is 85.7 Å². The van der Waals surface area contributed by atoms with E-state index in [1.54, 1.807) is 40.7 Å². The van der Waals surface area contributed by atoms with Crippen LogP contribution in [0.3, 0.4) is 0 Å². The quantitative estimate of drug-likeness (QED) is 0.0493. The summed E-state index contributed by atoms with van der Waals surface area (Å²) in [6.07, 6.45) is 1.40. The summed E-state index contributed by atoms with van der Waals surface area (Å²) >= 11 is 0. The van der Waals surface area contributed by atoms with E-state index in [0.29, 0.717) is 56.9 Å². The van der Waals surface area contributed by atoms with Gasteiger partial charge in [0.2, 0.25) is 12.1 Å². The molecule has 1 saturated carbocycles. The SMILES string of the molecule is C=CC[C@@H]1/C=C(\C)C[C@H](C)C[C@H](OC)[C@H]2O[C@@](O)(C(=O)C(=O)N3CCCC[C@H]3C(=O)O[C@H](/C(C)=C/[C@@H]3CC[C@@H](OC(C)OC(=O)CC(C)CC(=O)OC(COC(C)=O)COC(C)=O)[C@H](OC)C3)[C@H](C)[C@@H](O)CC1=O)[C@H](C)C[C@@H]2OC. The lowest BCUT2D eigenvalue weighted by atomic mass is 9.81. The lowest BCUT2D eigenvalue weighted by Gasteiger charge is -2.47. The van der Waals surface area contributed by atoms with Crippen molar-refractivity contribution in [3.8, 4) is 0 Å². The van der Waals surface area contributed by atoms with Gasteiger partial charge in [0.05, 0.1) is 30.5 Å². The number of hydrogen-bond acceptors (Lipinski definition) is 20. The van der Waals surface area contributed by atoms with Crippen LogP contribution in [0.25, 0.3) is 0 Å². The molecule has 0 aromatic rings. The Labute approximate surface area is 472 Å². The molecule has 16 atom stereocenters. The van der Waals surface area contributed by atoms with Gasteiger partial charge in [-0.05, 0) is 108 Å². The minimum Gasteiger partial charge on any atom is -0.462 e. The first kappa shape index (κ1) is 67.6. The molecule has 0 radical (unpaired) electrons. The summed E-state index contributed by atoms with van der Waals surface area (Å²) in [5.41, 5.74) is 1.49. The highest BCUT2D eigenvalue weighted by Crippen LogP contribution is 2.40. The molecule has 3 fully saturated rings. The molecule has 452 valence electrons. The van der Waals surface area contributed by atoms with Crippen LogP contribution in [0, 0.1) is 35.5 Å². The predicted molar refractivity (Wildman–Crippen MR) is 289 cm³/mol. The fourth-order valence-corrected chi connectivity index (χ4v) is 11.5. The van der Waals surface area contributed by atoms with Crippen LogP contribution in [0.2, 0.25) is 0 Å². The zero-order valence-electron chi connectivity index (χ0n) is 49.2. The number of esters is 5. The van der Waals surface area contributed by atoms with Gasteiger partial charge in [0, 0.05) is 78.7 Å². The Morgan fingerprint density at radius 2 is 1.44 bits per heavy atom. The second-order valence-electron chi connectivity index (χ2n) is 22.7. The average molecular weight is 1130 g/mol. The minimum atomic E-state index is -2.57. The molecular formula is C59H91NO20. The number of carbonyl (C=O) groups excluding carboxylic acids is 8. The zero-order chi connectivity index (χ0) is 59.6. The van der Waals surface area contributed by atoms with Crippen LogP contribution >= 0.6 is 0 Å². The van der Waals surface area contributed by atoms with Crippen LogP contribution in [-0.4, -0.2) is 170 Å². The third-order valence-electron chi connectivity index (χ3n) is 15.8. The van der Waals surface area contributed by atoms with Gasteiger partial charge in [-0.2, -0.15) is 0 Å². The first-order valence-electron chi connectivity index (χ1n) is 28.3. The third-order valence-corrected chi connectivity index (χ3v) is 15.8. The molecule has 2 N–H and O–H groups in total. The van der Waals surface area contributed by atoms with Gasteiger partial charge in [0.1, 0.15) is 37.2 Å². The number of nitrogens with zero attached hydrogens (tertiary/aromatic N) is 1. The summed E-state index contributed by atoms with van der Waals surface area (Å²) in [5.74, 6) is -11.5. The summed E-state index contributed by atoms with van der Waals surface area (Å²) in [4.78, 5) is 107. The second-order valence-corrected chi connectivity index (χ2v) is 22.7. The Morgan fingerprint density at radius 3 is 2.04 bits per heavy atom. The second kappa shape index (κ2) is 32.1. The number of aliphatic hydroxyl groups is 2. The molecular weight excluding hydrogens is 1040 g/mol. The van der Waals surface area contributed by atoms with Crippen LogP contribution in [0.15, 0.2) is 36.0 Å². The number of rotatable bonds is 19. The van der Waals surface area contributed by atoms with Gasteiger partial charge in [0.15, 0.2) is 6.10 Å². The molecule has 21 nitrogen and oxygen atoms in total. The Morgan fingerprint density at radius 1 is 0.825 bits per heavy atom. The van der Waals surface area contributed by atoms with Crippen molar-refractivity contribution in [2.75, 3.05) is 41.1 Å². The highest BCUT2D eigenvalue weighted by molar-refractivity contribution is 6.39. The van der Waals surface area contributed by atoms with E-state index < -0.39 is 132 Å². The lowest BCUT2D eigenvalue weighted by molar-refractivity contribution is -0.302. The maximum Gasteiger partial charge on any atom is 0.329 e. The number of carbonyl (C=O) groups is 8. The Bertz CT molecular complexity index is 2180. The smallest absolute Gasteiger partial charge is 0.329 e. The Balaban J connectivity index is 1.56.